The lowest BCUT2D eigenvalue weighted by atomic mass is 9.92. The number of rotatable bonds is 3. The number of carbonyl (C=O) groups excluding carboxylic acids is 1. The van der Waals surface area contributed by atoms with E-state index >= 15 is 0 Å². The molecule has 98 valence electrons. The van der Waals surface area contributed by atoms with Crippen LogP contribution in [0.25, 0.3) is 0 Å². The van der Waals surface area contributed by atoms with Gasteiger partial charge in [0.25, 0.3) is 5.91 Å². The van der Waals surface area contributed by atoms with Crippen LogP contribution in [0.15, 0.2) is 0 Å². The molecular weight excluding hydrogens is 218 g/mol. The molecule has 1 unspecified atom stereocenters. The molecule has 2 aliphatic rings. The molecule has 4 heteroatoms. The first-order chi connectivity index (χ1) is 8.22. The molecule has 1 atom stereocenters. The van der Waals surface area contributed by atoms with Crippen LogP contribution < -0.4 is 0 Å². The molecule has 0 aromatic rings. The SMILES string of the molecule is COC1CCC(N(C)C(=O)C2CCCO2)CC1. The molecule has 2 fully saturated rings. The van der Waals surface area contributed by atoms with E-state index in [1.165, 1.54) is 0 Å². The summed E-state index contributed by atoms with van der Waals surface area (Å²) >= 11 is 0. The van der Waals surface area contributed by atoms with Gasteiger partial charge in [0, 0.05) is 26.8 Å². The average molecular weight is 241 g/mol. The standard InChI is InChI=1S/C13H23NO3/c1-14(13(15)12-4-3-9-17-12)10-5-7-11(16-2)8-6-10/h10-12H,3-9H2,1-2H3. The van der Waals surface area contributed by atoms with Crippen molar-refractivity contribution in [3.8, 4) is 0 Å². The number of carbonyl (C=O) groups is 1. The first kappa shape index (κ1) is 12.8. The second kappa shape index (κ2) is 5.83. The Morgan fingerprint density at radius 1 is 1.24 bits per heavy atom. The largest absolute Gasteiger partial charge is 0.381 e. The zero-order valence-electron chi connectivity index (χ0n) is 10.9. The first-order valence-electron chi connectivity index (χ1n) is 6.63. The van der Waals surface area contributed by atoms with E-state index in [2.05, 4.69) is 0 Å². The van der Waals surface area contributed by atoms with Gasteiger partial charge in [0.1, 0.15) is 6.10 Å². The van der Waals surface area contributed by atoms with Crippen LogP contribution in [0, 0.1) is 0 Å². The summed E-state index contributed by atoms with van der Waals surface area (Å²) in [6.45, 7) is 0.737. The Hall–Kier alpha value is -0.610. The lowest BCUT2D eigenvalue weighted by molar-refractivity contribution is -0.142. The Labute approximate surface area is 103 Å². The highest BCUT2D eigenvalue weighted by Gasteiger charge is 2.32. The van der Waals surface area contributed by atoms with Crippen molar-refractivity contribution >= 4 is 5.91 Å². The predicted molar refractivity (Wildman–Crippen MR) is 64.8 cm³/mol. The highest BCUT2D eigenvalue weighted by molar-refractivity contribution is 5.81. The van der Waals surface area contributed by atoms with Gasteiger partial charge >= 0.3 is 0 Å². The van der Waals surface area contributed by atoms with E-state index in [1.807, 2.05) is 11.9 Å². The lowest BCUT2D eigenvalue weighted by Gasteiger charge is -2.35. The Bertz CT molecular complexity index is 255. The zero-order valence-corrected chi connectivity index (χ0v) is 10.9. The van der Waals surface area contributed by atoms with E-state index in [0.29, 0.717) is 12.1 Å². The molecule has 0 radical (unpaired) electrons. The molecule has 0 bridgehead atoms. The summed E-state index contributed by atoms with van der Waals surface area (Å²) in [6, 6.07) is 0.373. The van der Waals surface area contributed by atoms with Crippen LogP contribution in [0.5, 0.6) is 0 Å². The fraction of sp³-hybridized carbons (Fsp3) is 0.923. The van der Waals surface area contributed by atoms with Crippen LogP contribution in [0.4, 0.5) is 0 Å². The number of hydrogen-bond donors (Lipinski definition) is 0. The van der Waals surface area contributed by atoms with Crippen molar-refractivity contribution in [1.29, 1.82) is 0 Å². The Balaban J connectivity index is 1.83. The molecule has 1 aliphatic heterocycles. The molecule has 1 heterocycles. The summed E-state index contributed by atoms with van der Waals surface area (Å²) in [5, 5.41) is 0. The van der Waals surface area contributed by atoms with Gasteiger partial charge in [-0.15, -0.1) is 0 Å². The Morgan fingerprint density at radius 2 is 1.94 bits per heavy atom. The first-order valence-corrected chi connectivity index (χ1v) is 6.63. The van der Waals surface area contributed by atoms with Crippen LogP contribution >= 0.6 is 0 Å². The highest BCUT2D eigenvalue weighted by atomic mass is 16.5. The maximum absolute atomic E-state index is 12.2. The lowest BCUT2D eigenvalue weighted by Crippen LogP contribution is -2.45. The van der Waals surface area contributed by atoms with E-state index in [4.69, 9.17) is 9.47 Å². The average Bonchev–Trinajstić information content (AvgIpc) is 2.91. The summed E-state index contributed by atoms with van der Waals surface area (Å²) in [5.74, 6) is 0.170. The molecule has 2 rings (SSSR count). The summed E-state index contributed by atoms with van der Waals surface area (Å²) in [4.78, 5) is 14.1. The molecule has 1 aliphatic carbocycles. The maximum atomic E-state index is 12.2. The Kier molecular flexibility index (Phi) is 4.40. The molecule has 0 aromatic carbocycles. The zero-order chi connectivity index (χ0) is 12.3. The van der Waals surface area contributed by atoms with Gasteiger partial charge in [0.2, 0.25) is 0 Å². The molecule has 1 amide bonds. The molecule has 1 saturated heterocycles. The van der Waals surface area contributed by atoms with E-state index in [-0.39, 0.29) is 12.0 Å². The third-order valence-corrected chi connectivity index (χ3v) is 4.08. The number of ether oxygens (including phenoxy) is 2. The summed E-state index contributed by atoms with van der Waals surface area (Å²) < 4.78 is 10.8. The minimum absolute atomic E-state index is 0.170. The molecule has 4 nitrogen and oxygen atoms in total. The fourth-order valence-electron chi connectivity index (χ4n) is 2.85. The minimum atomic E-state index is -0.180. The molecule has 0 spiro atoms. The van der Waals surface area contributed by atoms with E-state index in [1.54, 1.807) is 7.11 Å². The fourth-order valence-corrected chi connectivity index (χ4v) is 2.85. The number of amides is 1. The molecule has 0 N–H and O–H groups in total. The maximum Gasteiger partial charge on any atom is 0.251 e. The number of nitrogens with zero attached hydrogens (tertiary/aromatic N) is 1. The third-order valence-electron chi connectivity index (χ3n) is 4.08. The van der Waals surface area contributed by atoms with E-state index < -0.39 is 0 Å². The Morgan fingerprint density at radius 3 is 2.47 bits per heavy atom. The summed E-state index contributed by atoms with van der Waals surface area (Å²) in [6.07, 6.45) is 6.32. The third kappa shape index (κ3) is 2.99. The van der Waals surface area contributed by atoms with Crippen molar-refractivity contribution < 1.29 is 14.3 Å². The van der Waals surface area contributed by atoms with Gasteiger partial charge in [-0.3, -0.25) is 4.79 Å². The van der Waals surface area contributed by atoms with Gasteiger partial charge in [0.05, 0.1) is 6.10 Å². The van der Waals surface area contributed by atoms with Gasteiger partial charge < -0.3 is 14.4 Å². The van der Waals surface area contributed by atoms with Crippen LogP contribution in [0.2, 0.25) is 0 Å². The number of hydrogen-bond acceptors (Lipinski definition) is 3. The van der Waals surface area contributed by atoms with Crippen LogP contribution in [-0.4, -0.2) is 49.8 Å². The molecule has 17 heavy (non-hydrogen) atoms. The smallest absolute Gasteiger partial charge is 0.251 e. The number of methoxy groups -OCH3 is 1. The topological polar surface area (TPSA) is 38.8 Å². The second-order valence-corrected chi connectivity index (χ2v) is 5.12. The molecule has 1 saturated carbocycles. The second-order valence-electron chi connectivity index (χ2n) is 5.12. The number of likely N-dealkylation sites (N-methyl/N-ethyl adjacent to an activating group) is 1. The highest BCUT2D eigenvalue weighted by Crippen LogP contribution is 2.25. The quantitative estimate of drug-likeness (QED) is 0.753. The van der Waals surface area contributed by atoms with Crippen molar-refractivity contribution in [2.75, 3.05) is 20.8 Å². The predicted octanol–water partition coefficient (Wildman–Crippen LogP) is 1.58. The van der Waals surface area contributed by atoms with E-state index in [0.717, 1.165) is 45.1 Å². The van der Waals surface area contributed by atoms with Gasteiger partial charge in [-0.1, -0.05) is 0 Å². The normalized spacial score (nSPS) is 33.6. The van der Waals surface area contributed by atoms with Gasteiger partial charge in [0.15, 0.2) is 0 Å². The van der Waals surface area contributed by atoms with Crippen LogP contribution in [-0.2, 0) is 14.3 Å². The van der Waals surface area contributed by atoms with Gasteiger partial charge in [-0.25, -0.2) is 0 Å². The minimum Gasteiger partial charge on any atom is -0.381 e. The van der Waals surface area contributed by atoms with Gasteiger partial charge in [-0.05, 0) is 38.5 Å². The van der Waals surface area contributed by atoms with Crippen molar-refractivity contribution in [3.63, 3.8) is 0 Å². The van der Waals surface area contributed by atoms with Crippen LogP contribution in [0.1, 0.15) is 38.5 Å². The summed E-state index contributed by atoms with van der Waals surface area (Å²) in [5.41, 5.74) is 0. The van der Waals surface area contributed by atoms with Gasteiger partial charge in [-0.2, -0.15) is 0 Å². The molecular formula is C13H23NO3. The van der Waals surface area contributed by atoms with Crippen molar-refractivity contribution in [2.24, 2.45) is 0 Å². The monoisotopic (exact) mass is 241 g/mol. The van der Waals surface area contributed by atoms with Crippen molar-refractivity contribution in [3.05, 3.63) is 0 Å². The van der Waals surface area contributed by atoms with Crippen molar-refractivity contribution in [1.82, 2.24) is 4.90 Å². The summed E-state index contributed by atoms with van der Waals surface area (Å²) in [7, 11) is 3.69. The van der Waals surface area contributed by atoms with Crippen molar-refractivity contribution in [2.45, 2.75) is 56.8 Å². The van der Waals surface area contributed by atoms with Crippen LogP contribution in [0.3, 0.4) is 0 Å². The van der Waals surface area contributed by atoms with E-state index in [9.17, 15) is 4.79 Å². The molecule has 0 aromatic heterocycles.